The Morgan fingerprint density at radius 3 is 2.58 bits per heavy atom. The summed E-state index contributed by atoms with van der Waals surface area (Å²) in [7, 11) is 1.84. The maximum Gasteiger partial charge on any atom is 0.191 e. The first-order valence-electron chi connectivity index (χ1n) is 4.85. The normalized spacial score (nSPS) is 23.9. The molecule has 2 N–H and O–H groups in total. The number of hydrogen-bond acceptors (Lipinski definition) is 1. The highest BCUT2D eigenvalue weighted by Crippen LogP contribution is 2.27. The number of aliphatic imine (C=N–C) groups is 1. The molecule has 0 amide bonds. The largest absolute Gasteiger partial charge is 0.356 e. The highest BCUT2D eigenvalue weighted by molar-refractivity contribution is 5.80. The van der Waals surface area contributed by atoms with E-state index in [9.17, 15) is 0 Å². The number of nitrogens with zero attached hydrogens (tertiary/aromatic N) is 1. The predicted octanol–water partition coefficient (Wildman–Crippen LogP) is 0.724. The second-order valence-electron chi connectivity index (χ2n) is 3.82. The first-order chi connectivity index (χ1) is 5.88. The van der Waals surface area contributed by atoms with Crippen molar-refractivity contribution in [2.24, 2.45) is 10.9 Å². The van der Waals surface area contributed by atoms with Crippen LogP contribution in [0.15, 0.2) is 4.99 Å². The molecule has 0 aromatic carbocycles. The summed E-state index contributed by atoms with van der Waals surface area (Å²) in [4.78, 5) is 4.16. The Morgan fingerprint density at radius 1 is 1.33 bits per heavy atom. The van der Waals surface area contributed by atoms with Crippen LogP contribution in [0.2, 0.25) is 0 Å². The minimum atomic E-state index is 0.704. The van der Waals surface area contributed by atoms with Crippen LogP contribution in [0.5, 0.6) is 0 Å². The molecule has 0 unspecified atom stereocenters. The lowest BCUT2D eigenvalue weighted by Crippen LogP contribution is -2.39. The molecule has 0 saturated heterocycles. The van der Waals surface area contributed by atoms with Gasteiger partial charge in [0.1, 0.15) is 0 Å². The Morgan fingerprint density at radius 2 is 2.08 bits per heavy atom. The quantitative estimate of drug-likeness (QED) is 0.480. The van der Waals surface area contributed by atoms with E-state index in [1.807, 2.05) is 7.05 Å². The fourth-order valence-corrected chi connectivity index (χ4v) is 1.18. The van der Waals surface area contributed by atoms with Gasteiger partial charge in [0, 0.05) is 19.6 Å². The van der Waals surface area contributed by atoms with Gasteiger partial charge in [-0.3, -0.25) is 4.99 Å². The Balaban J connectivity index is 1.65. The van der Waals surface area contributed by atoms with Crippen molar-refractivity contribution >= 4 is 5.96 Å². The van der Waals surface area contributed by atoms with E-state index in [1.54, 1.807) is 0 Å². The molecule has 0 atom stereocenters. The Labute approximate surface area is 73.6 Å². The zero-order chi connectivity index (χ0) is 8.39. The molecule has 2 rings (SSSR count). The minimum absolute atomic E-state index is 0.704. The summed E-state index contributed by atoms with van der Waals surface area (Å²) in [5.41, 5.74) is 0. The summed E-state index contributed by atoms with van der Waals surface area (Å²) in [6.07, 6.45) is 5.41. The molecule has 68 valence electrons. The lowest BCUT2D eigenvalue weighted by atomic mass is 10.4. The van der Waals surface area contributed by atoms with Gasteiger partial charge < -0.3 is 10.6 Å². The number of hydrogen-bond donors (Lipinski definition) is 2. The van der Waals surface area contributed by atoms with Crippen molar-refractivity contribution in [3.05, 3.63) is 0 Å². The van der Waals surface area contributed by atoms with Gasteiger partial charge in [0.2, 0.25) is 0 Å². The molecule has 12 heavy (non-hydrogen) atoms. The summed E-state index contributed by atoms with van der Waals surface area (Å²) >= 11 is 0. The van der Waals surface area contributed by atoms with Crippen molar-refractivity contribution in [3.63, 3.8) is 0 Å². The molecular weight excluding hydrogens is 150 g/mol. The van der Waals surface area contributed by atoms with Crippen molar-refractivity contribution in [2.45, 2.75) is 31.7 Å². The number of nitrogens with one attached hydrogen (secondary N) is 2. The first-order valence-corrected chi connectivity index (χ1v) is 4.85. The molecule has 0 heterocycles. The number of rotatable bonds is 3. The van der Waals surface area contributed by atoms with Crippen molar-refractivity contribution in [1.82, 2.24) is 10.6 Å². The zero-order valence-corrected chi connectivity index (χ0v) is 7.64. The molecule has 0 spiro atoms. The summed E-state index contributed by atoms with van der Waals surface area (Å²) in [5, 5.41) is 6.70. The van der Waals surface area contributed by atoms with Gasteiger partial charge in [0.05, 0.1) is 0 Å². The molecule has 2 fully saturated rings. The van der Waals surface area contributed by atoms with Crippen LogP contribution in [-0.4, -0.2) is 25.6 Å². The molecule has 0 bridgehead atoms. The topological polar surface area (TPSA) is 36.4 Å². The van der Waals surface area contributed by atoms with Crippen molar-refractivity contribution in [3.8, 4) is 0 Å². The molecule has 2 aliphatic carbocycles. The van der Waals surface area contributed by atoms with Crippen molar-refractivity contribution in [1.29, 1.82) is 0 Å². The highest BCUT2D eigenvalue weighted by Gasteiger charge is 2.24. The van der Waals surface area contributed by atoms with Crippen LogP contribution in [0.25, 0.3) is 0 Å². The second kappa shape index (κ2) is 3.33. The first kappa shape index (κ1) is 7.90. The van der Waals surface area contributed by atoms with E-state index in [1.165, 1.54) is 25.7 Å². The van der Waals surface area contributed by atoms with E-state index in [0.29, 0.717) is 6.04 Å². The lowest BCUT2D eigenvalue weighted by Gasteiger charge is -2.09. The average molecular weight is 167 g/mol. The van der Waals surface area contributed by atoms with Crippen LogP contribution in [0.4, 0.5) is 0 Å². The molecule has 0 aromatic heterocycles. The Hall–Kier alpha value is -0.730. The van der Waals surface area contributed by atoms with Gasteiger partial charge in [-0.15, -0.1) is 0 Å². The van der Waals surface area contributed by atoms with E-state index < -0.39 is 0 Å². The maximum absolute atomic E-state index is 4.16. The smallest absolute Gasteiger partial charge is 0.191 e. The molecule has 2 saturated carbocycles. The second-order valence-corrected chi connectivity index (χ2v) is 3.82. The molecule has 2 aliphatic rings. The summed E-state index contributed by atoms with van der Waals surface area (Å²) in [6.45, 7) is 1.10. The van der Waals surface area contributed by atoms with E-state index in [2.05, 4.69) is 15.6 Å². The molecular formula is C9H17N3. The standard InChI is InChI=1S/C9H17N3/c1-10-9(12-8-4-5-8)11-6-7-2-3-7/h7-8H,2-6H2,1H3,(H2,10,11,12). The van der Waals surface area contributed by atoms with Gasteiger partial charge in [-0.25, -0.2) is 0 Å². The van der Waals surface area contributed by atoms with Crippen LogP contribution in [-0.2, 0) is 0 Å². The average Bonchev–Trinajstić information content (AvgIpc) is 2.92. The van der Waals surface area contributed by atoms with Crippen molar-refractivity contribution in [2.75, 3.05) is 13.6 Å². The predicted molar refractivity (Wildman–Crippen MR) is 50.2 cm³/mol. The Kier molecular flexibility index (Phi) is 2.19. The summed E-state index contributed by atoms with van der Waals surface area (Å²) in [6, 6.07) is 0.704. The van der Waals surface area contributed by atoms with Gasteiger partial charge in [0.25, 0.3) is 0 Å². The van der Waals surface area contributed by atoms with Gasteiger partial charge in [-0.05, 0) is 31.6 Å². The molecule has 3 nitrogen and oxygen atoms in total. The van der Waals surface area contributed by atoms with Crippen LogP contribution < -0.4 is 10.6 Å². The fourth-order valence-electron chi connectivity index (χ4n) is 1.18. The molecule has 0 radical (unpaired) electrons. The van der Waals surface area contributed by atoms with Gasteiger partial charge in [-0.1, -0.05) is 0 Å². The fraction of sp³-hybridized carbons (Fsp3) is 0.889. The summed E-state index contributed by atoms with van der Waals surface area (Å²) < 4.78 is 0. The van der Waals surface area contributed by atoms with Crippen molar-refractivity contribution < 1.29 is 0 Å². The maximum atomic E-state index is 4.16. The highest BCUT2D eigenvalue weighted by atomic mass is 15.2. The van der Waals surface area contributed by atoms with E-state index in [-0.39, 0.29) is 0 Å². The summed E-state index contributed by atoms with van der Waals surface area (Å²) in [5.74, 6) is 1.91. The third-order valence-corrected chi connectivity index (χ3v) is 2.40. The van der Waals surface area contributed by atoms with Gasteiger partial charge in [-0.2, -0.15) is 0 Å². The lowest BCUT2D eigenvalue weighted by molar-refractivity contribution is 0.736. The molecule has 0 aromatic rings. The van der Waals surface area contributed by atoms with Gasteiger partial charge in [0.15, 0.2) is 5.96 Å². The van der Waals surface area contributed by atoms with Gasteiger partial charge >= 0.3 is 0 Å². The van der Waals surface area contributed by atoms with Crippen LogP contribution in [0.3, 0.4) is 0 Å². The van der Waals surface area contributed by atoms with Crippen LogP contribution in [0, 0.1) is 5.92 Å². The monoisotopic (exact) mass is 167 g/mol. The third kappa shape index (κ3) is 2.40. The van der Waals surface area contributed by atoms with Crippen LogP contribution in [0.1, 0.15) is 25.7 Å². The van der Waals surface area contributed by atoms with E-state index in [0.717, 1.165) is 18.4 Å². The Bertz CT molecular complexity index is 180. The molecule has 3 heteroatoms. The number of guanidine groups is 1. The van der Waals surface area contributed by atoms with E-state index >= 15 is 0 Å². The SMILES string of the molecule is CN=C(NCC1CC1)NC1CC1. The minimum Gasteiger partial charge on any atom is -0.356 e. The van der Waals surface area contributed by atoms with E-state index in [4.69, 9.17) is 0 Å². The third-order valence-electron chi connectivity index (χ3n) is 2.40. The van der Waals surface area contributed by atoms with Crippen LogP contribution >= 0.6 is 0 Å². The zero-order valence-electron chi connectivity index (χ0n) is 7.64. The molecule has 0 aliphatic heterocycles.